The van der Waals surface area contributed by atoms with E-state index >= 15 is 0 Å². The lowest BCUT2D eigenvalue weighted by Gasteiger charge is -2.14. The number of carbonyl (C=O) groups is 1. The molecule has 5 heteroatoms. The summed E-state index contributed by atoms with van der Waals surface area (Å²) in [7, 11) is 0. The van der Waals surface area contributed by atoms with Crippen LogP contribution in [0.1, 0.15) is 66.7 Å². The van der Waals surface area contributed by atoms with E-state index < -0.39 is 0 Å². The average molecular weight is 423 g/mol. The first-order valence-corrected chi connectivity index (χ1v) is 11.2. The van der Waals surface area contributed by atoms with E-state index in [0.29, 0.717) is 17.0 Å². The topological polar surface area (TPSA) is 51.2 Å². The van der Waals surface area contributed by atoms with Gasteiger partial charge in [-0.15, -0.1) is 11.3 Å². The molecule has 0 aliphatic rings. The van der Waals surface area contributed by atoms with Gasteiger partial charge in [-0.25, -0.2) is 4.98 Å². The monoisotopic (exact) mass is 422 g/mol. The van der Waals surface area contributed by atoms with Gasteiger partial charge in [-0.3, -0.25) is 10.1 Å². The van der Waals surface area contributed by atoms with Gasteiger partial charge in [-0.1, -0.05) is 64.1 Å². The van der Waals surface area contributed by atoms with Crippen LogP contribution in [0.25, 0.3) is 0 Å². The zero-order valence-corrected chi connectivity index (χ0v) is 19.2. The Balaban J connectivity index is 1.56. The molecular weight excluding hydrogens is 392 g/mol. The van der Waals surface area contributed by atoms with E-state index in [1.807, 2.05) is 19.2 Å². The molecule has 0 atom stereocenters. The van der Waals surface area contributed by atoms with E-state index in [-0.39, 0.29) is 12.5 Å². The van der Waals surface area contributed by atoms with E-state index in [1.54, 1.807) is 0 Å². The molecule has 3 aromatic rings. The van der Waals surface area contributed by atoms with Crippen molar-refractivity contribution >= 4 is 22.4 Å². The standard InChI is InChI=1S/C25H30N2O2S/c1-16(2)20-9-7-19(8-10-20)13-21-14-26-25(30-21)27-24(28)15-29-23-12-18(5)6-11-22(23)17(3)4/h6-12,14,16-17H,13,15H2,1-5H3,(H,26,27,28). The third kappa shape index (κ3) is 5.92. The highest BCUT2D eigenvalue weighted by Crippen LogP contribution is 2.28. The number of amides is 1. The Bertz CT molecular complexity index is 991. The Labute approximate surface area is 183 Å². The number of carbonyl (C=O) groups excluding carboxylic acids is 1. The summed E-state index contributed by atoms with van der Waals surface area (Å²) in [5, 5.41) is 3.45. The van der Waals surface area contributed by atoms with Gasteiger partial charge in [-0.05, 0) is 47.1 Å². The van der Waals surface area contributed by atoms with Crippen LogP contribution >= 0.6 is 11.3 Å². The predicted molar refractivity (Wildman–Crippen MR) is 125 cm³/mol. The first-order valence-electron chi connectivity index (χ1n) is 10.4. The third-order valence-electron chi connectivity index (χ3n) is 4.97. The van der Waals surface area contributed by atoms with Gasteiger partial charge in [0.05, 0.1) is 0 Å². The van der Waals surface area contributed by atoms with Gasteiger partial charge in [0.25, 0.3) is 5.91 Å². The minimum Gasteiger partial charge on any atom is -0.483 e. The maximum atomic E-state index is 12.4. The fourth-order valence-electron chi connectivity index (χ4n) is 3.21. The molecule has 4 nitrogen and oxygen atoms in total. The highest BCUT2D eigenvalue weighted by molar-refractivity contribution is 7.15. The molecule has 0 bridgehead atoms. The second-order valence-electron chi connectivity index (χ2n) is 8.24. The molecule has 0 aliphatic heterocycles. The van der Waals surface area contributed by atoms with Crippen molar-refractivity contribution in [2.24, 2.45) is 0 Å². The summed E-state index contributed by atoms with van der Waals surface area (Å²) in [6, 6.07) is 14.8. The molecule has 30 heavy (non-hydrogen) atoms. The molecule has 2 aromatic carbocycles. The zero-order valence-electron chi connectivity index (χ0n) is 18.4. The van der Waals surface area contributed by atoms with Gasteiger partial charge >= 0.3 is 0 Å². The Morgan fingerprint density at radius 3 is 2.47 bits per heavy atom. The lowest BCUT2D eigenvalue weighted by Crippen LogP contribution is -2.20. The smallest absolute Gasteiger partial charge is 0.264 e. The Hall–Kier alpha value is -2.66. The first-order chi connectivity index (χ1) is 14.3. The Kier molecular flexibility index (Phi) is 7.27. The van der Waals surface area contributed by atoms with E-state index in [2.05, 4.69) is 74.4 Å². The number of nitrogens with zero attached hydrogens (tertiary/aromatic N) is 1. The number of hydrogen-bond acceptors (Lipinski definition) is 4. The number of ether oxygens (including phenoxy) is 1. The third-order valence-corrected chi connectivity index (χ3v) is 5.89. The zero-order chi connectivity index (χ0) is 21.7. The molecule has 1 amide bonds. The molecule has 0 aliphatic carbocycles. The van der Waals surface area contributed by atoms with E-state index in [4.69, 9.17) is 4.74 Å². The van der Waals surface area contributed by atoms with E-state index in [1.165, 1.54) is 22.5 Å². The first kappa shape index (κ1) is 22.0. The van der Waals surface area contributed by atoms with Crippen LogP contribution in [-0.4, -0.2) is 17.5 Å². The number of anilines is 1. The molecule has 0 radical (unpaired) electrons. The fraction of sp³-hybridized carbons (Fsp3) is 0.360. The second-order valence-corrected chi connectivity index (χ2v) is 9.35. The van der Waals surface area contributed by atoms with Gasteiger partial charge in [0.2, 0.25) is 0 Å². The number of rotatable bonds is 8. The summed E-state index contributed by atoms with van der Waals surface area (Å²) < 4.78 is 5.81. The summed E-state index contributed by atoms with van der Waals surface area (Å²) in [4.78, 5) is 17.8. The minimum absolute atomic E-state index is 0.0330. The van der Waals surface area contributed by atoms with Crippen LogP contribution < -0.4 is 10.1 Å². The van der Waals surface area contributed by atoms with Crippen molar-refractivity contribution in [1.82, 2.24) is 4.98 Å². The Morgan fingerprint density at radius 2 is 1.80 bits per heavy atom. The van der Waals surface area contributed by atoms with E-state index in [0.717, 1.165) is 28.2 Å². The molecule has 0 fully saturated rings. The SMILES string of the molecule is Cc1ccc(C(C)C)c(OCC(=O)Nc2ncc(Cc3ccc(C(C)C)cc3)s2)c1. The Morgan fingerprint density at radius 1 is 1.07 bits per heavy atom. The molecule has 0 unspecified atom stereocenters. The van der Waals surface area contributed by atoms with Crippen molar-refractivity contribution < 1.29 is 9.53 Å². The van der Waals surface area contributed by atoms with Gasteiger partial charge < -0.3 is 4.74 Å². The van der Waals surface area contributed by atoms with Crippen molar-refractivity contribution in [3.8, 4) is 5.75 Å². The van der Waals surface area contributed by atoms with Crippen molar-refractivity contribution in [2.45, 2.75) is 52.9 Å². The maximum absolute atomic E-state index is 12.4. The molecule has 0 saturated carbocycles. The van der Waals surface area contributed by atoms with Crippen LogP contribution in [-0.2, 0) is 11.2 Å². The summed E-state index contributed by atoms with van der Waals surface area (Å²) in [6.45, 7) is 10.6. The maximum Gasteiger partial charge on any atom is 0.264 e. The van der Waals surface area contributed by atoms with Gasteiger partial charge in [0.1, 0.15) is 5.75 Å². The van der Waals surface area contributed by atoms with Crippen LogP contribution in [0, 0.1) is 6.92 Å². The summed E-state index contributed by atoms with van der Waals surface area (Å²) in [5.74, 6) is 1.43. The second kappa shape index (κ2) is 9.90. The normalized spacial score (nSPS) is 11.2. The highest BCUT2D eigenvalue weighted by atomic mass is 32.1. The summed E-state index contributed by atoms with van der Waals surface area (Å²) in [6.07, 6.45) is 2.64. The average Bonchev–Trinajstić information content (AvgIpc) is 3.13. The molecule has 158 valence electrons. The van der Waals surface area contributed by atoms with Crippen LogP contribution in [0.3, 0.4) is 0 Å². The lowest BCUT2D eigenvalue weighted by molar-refractivity contribution is -0.118. The summed E-state index contributed by atoms with van der Waals surface area (Å²) in [5.41, 5.74) is 4.80. The highest BCUT2D eigenvalue weighted by Gasteiger charge is 2.12. The molecule has 0 saturated heterocycles. The van der Waals surface area contributed by atoms with Crippen molar-refractivity contribution in [1.29, 1.82) is 0 Å². The number of nitrogens with one attached hydrogen (secondary N) is 1. The van der Waals surface area contributed by atoms with Crippen molar-refractivity contribution in [2.75, 3.05) is 11.9 Å². The number of aromatic nitrogens is 1. The molecular formula is C25H30N2O2S. The van der Waals surface area contributed by atoms with E-state index in [9.17, 15) is 4.79 Å². The summed E-state index contributed by atoms with van der Waals surface area (Å²) >= 11 is 1.50. The van der Waals surface area contributed by atoms with Gasteiger partial charge in [0, 0.05) is 17.5 Å². The van der Waals surface area contributed by atoms with Crippen LogP contribution in [0.15, 0.2) is 48.7 Å². The van der Waals surface area contributed by atoms with Gasteiger partial charge in [0.15, 0.2) is 11.7 Å². The van der Waals surface area contributed by atoms with Crippen LogP contribution in [0.5, 0.6) is 5.75 Å². The molecule has 3 rings (SSSR count). The van der Waals surface area contributed by atoms with Crippen LogP contribution in [0.4, 0.5) is 5.13 Å². The van der Waals surface area contributed by atoms with Crippen molar-refractivity contribution in [3.63, 3.8) is 0 Å². The number of aryl methyl sites for hydroxylation is 1. The molecule has 1 heterocycles. The molecule has 1 N–H and O–H groups in total. The minimum atomic E-state index is -0.201. The predicted octanol–water partition coefficient (Wildman–Crippen LogP) is 6.31. The van der Waals surface area contributed by atoms with Crippen molar-refractivity contribution in [3.05, 3.63) is 75.8 Å². The van der Waals surface area contributed by atoms with Crippen LogP contribution in [0.2, 0.25) is 0 Å². The lowest BCUT2D eigenvalue weighted by atomic mass is 10.0. The van der Waals surface area contributed by atoms with Gasteiger partial charge in [-0.2, -0.15) is 0 Å². The number of benzene rings is 2. The number of thiazole rings is 1. The molecule has 0 spiro atoms. The largest absolute Gasteiger partial charge is 0.483 e. The fourth-order valence-corrected chi connectivity index (χ4v) is 4.07. The quantitative estimate of drug-likeness (QED) is 0.463. The number of hydrogen-bond donors (Lipinski definition) is 1. The molecule has 1 aromatic heterocycles.